The number of sulfone groups is 1. The second-order valence-corrected chi connectivity index (χ2v) is 7.34. The van der Waals surface area contributed by atoms with Crippen LogP contribution in [0, 0.1) is 0 Å². The van der Waals surface area contributed by atoms with Gasteiger partial charge >= 0.3 is 6.03 Å². The zero-order valence-electron chi connectivity index (χ0n) is 12.0. The molecule has 3 N–H and O–H groups in total. The first-order valence-corrected chi connectivity index (χ1v) is 8.80. The number of furan rings is 1. The summed E-state index contributed by atoms with van der Waals surface area (Å²) < 4.78 is 27.6. The lowest BCUT2D eigenvalue weighted by molar-refractivity contribution is -0.121. The molecule has 0 saturated carbocycles. The number of hydrogen-bond acceptors (Lipinski definition) is 5. The maximum absolute atomic E-state index is 11.6. The molecule has 1 aromatic rings. The Morgan fingerprint density at radius 1 is 1.32 bits per heavy atom. The monoisotopic (exact) mass is 329 g/mol. The smallest absolute Gasteiger partial charge is 0.315 e. The van der Waals surface area contributed by atoms with Crippen LogP contribution in [0.3, 0.4) is 0 Å². The lowest BCUT2D eigenvalue weighted by atomic mass is 10.2. The van der Waals surface area contributed by atoms with Crippen LogP contribution in [0.4, 0.5) is 4.79 Å². The van der Waals surface area contributed by atoms with E-state index in [-0.39, 0.29) is 43.0 Å². The second kappa shape index (κ2) is 7.30. The fraction of sp³-hybridized carbons (Fsp3) is 0.538. The van der Waals surface area contributed by atoms with Gasteiger partial charge in [-0.2, -0.15) is 0 Å². The van der Waals surface area contributed by atoms with Crippen LogP contribution in [0.25, 0.3) is 0 Å². The van der Waals surface area contributed by atoms with Gasteiger partial charge in [-0.05, 0) is 18.6 Å². The average molecular weight is 329 g/mol. The zero-order chi connectivity index (χ0) is 16.0. The largest absolute Gasteiger partial charge is 0.467 e. The van der Waals surface area contributed by atoms with Gasteiger partial charge in [0.1, 0.15) is 5.76 Å². The van der Waals surface area contributed by atoms with E-state index in [0.29, 0.717) is 12.2 Å². The van der Waals surface area contributed by atoms with E-state index in [1.165, 1.54) is 6.26 Å². The number of carbonyl (C=O) groups excluding carboxylic acids is 2. The Bertz CT molecular complexity index is 612. The first-order chi connectivity index (χ1) is 10.4. The molecule has 2 rings (SSSR count). The minimum Gasteiger partial charge on any atom is -0.467 e. The number of urea groups is 1. The first-order valence-electron chi connectivity index (χ1n) is 6.98. The van der Waals surface area contributed by atoms with E-state index in [9.17, 15) is 18.0 Å². The molecule has 1 fully saturated rings. The summed E-state index contributed by atoms with van der Waals surface area (Å²) in [6.45, 7) is 0.445. The van der Waals surface area contributed by atoms with E-state index in [1.54, 1.807) is 12.1 Å². The summed E-state index contributed by atoms with van der Waals surface area (Å²) in [6.07, 6.45) is 2.07. The summed E-state index contributed by atoms with van der Waals surface area (Å²) in [4.78, 5) is 23.1. The summed E-state index contributed by atoms with van der Waals surface area (Å²) in [5.41, 5.74) is 0. The van der Waals surface area contributed by atoms with Crippen molar-refractivity contribution in [1.29, 1.82) is 0 Å². The molecule has 1 aromatic heterocycles. The van der Waals surface area contributed by atoms with Gasteiger partial charge in [-0.1, -0.05) is 0 Å². The van der Waals surface area contributed by atoms with E-state index in [0.717, 1.165) is 0 Å². The fourth-order valence-corrected chi connectivity index (χ4v) is 3.81. The Hall–Kier alpha value is -2.03. The number of amides is 3. The van der Waals surface area contributed by atoms with Crippen LogP contribution in [0.2, 0.25) is 0 Å². The van der Waals surface area contributed by atoms with Crippen molar-refractivity contribution in [3.05, 3.63) is 24.2 Å². The van der Waals surface area contributed by atoms with E-state index in [1.807, 2.05) is 0 Å². The minimum absolute atomic E-state index is 0.00416. The molecule has 0 unspecified atom stereocenters. The van der Waals surface area contributed by atoms with Gasteiger partial charge in [0, 0.05) is 19.0 Å². The molecule has 0 spiro atoms. The van der Waals surface area contributed by atoms with Gasteiger partial charge in [0.05, 0.1) is 24.3 Å². The fourth-order valence-electron chi connectivity index (χ4n) is 2.14. The molecule has 3 amide bonds. The maximum Gasteiger partial charge on any atom is 0.315 e. The molecule has 122 valence electrons. The van der Waals surface area contributed by atoms with Crippen molar-refractivity contribution in [2.45, 2.75) is 25.4 Å². The number of nitrogens with one attached hydrogen (secondary N) is 3. The third kappa shape index (κ3) is 5.40. The molecule has 2 heterocycles. The van der Waals surface area contributed by atoms with Gasteiger partial charge in [-0.25, -0.2) is 13.2 Å². The van der Waals surface area contributed by atoms with Crippen LogP contribution in [-0.2, 0) is 21.2 Å². The molecular formula is C13H19N3O5S. The van der Waals surface area contributed by atoms with Crippen molar-refractivity contribution in [2.75, 3.05) is 18.1 Å². The van der Waals surface area contributed by atoms with Crippen molar-refractivity contribution >= 4 is 21.8 Å². The Morgan fingerprint density at radius 3 is 2.77 bits per heavy atom. The molecule has 0 aliphatic carbocycles. The summed E-state index contributed by atoms with van der Waals surface area (Å²) in [7, 11) is -3.01. The molecule has 0 radical (unpaired) electrons. The highest BCUT2D eigenvalue weighted by molar-refractivity contribution is 7.91. The van der Waals surface area contributed by atoms with Crippen molar-refractivity contribution < 1.29 is 22.4 Å². The summed E-state index contributed by atoms with van der Waals surface area (Å²) in [6, 6.07) is 2.75. The van der Waals surface area contributed by atoms with Crippen LogP contribution >= 0.6 is 0 Å². The third-order valence-corrected chi connectivity index (χ3v) is 5.01. The van der Waals surface area contributed by atoms with Gasteiger partial charge in [-0.15, -0.1) is 0 Å². The van der Waals surface area contributed by atoms with E-state index in [2.05, 4.69) is 16.0 Å². The van der Waals surface area contributed by atoms with Gasteiger partial charge in [0.15, 0.2) is 9.84 Å². The van der Waals surface area contributed by atoms with Crippen molar-refractivity contribution in [1.82, 2.24) is 16.0 Å². The van der Waals surface area contributed by atoms with Gasteiger partial charge in [-0.3, -0.25) is 4.79 Å². The predicted molar refractivity (Wildman–Crippen MR) is 78.8 cm³/mol. The molecule has 22 heavy (non-hydrogen) atoms. The number of rotatable bonds is 6. The highest BCUT2D eigenvalue weighted by Crippen LogP contribution is 2.11. The summed E-state index contributed by atoms with van der Waals surface area (Å²) >= 11 is 0. The van der Waals surface area contributed by atoms with Crippen LogP contribution < -0.4 is 16.0 Å². The standard InChI is InChI=1S/C13H19N3O5S/c17-12(16-10-4-7-22(19,20)9-10)3-5-14-13(18)15-8-11-2-1-6-21-11/h1-2,6,10H,3-5,7-9H2,(H,16,17)(H2,14,15,18)/t10-/m1/s1. The van der Waals surface area contributed by atoms with Crippen LogP contribution in [0.1, 0.15) is 18.6 Å². The highest BCUT2D eigenvalue weighted by atomic mass is 32.2. The normalized spacial score (nSPS) is 19.5. The Balaban J connectivity index is 1.57. The topological polar surface area (TPSA) is 118 Å². The average Bonchev–Trinajstić information content (AvgIpc) is 3.06. The minimum atomic E-state index is -3.01. The predicted octanol–water partition coefficient (Wildman–Crippen LogP) is -0.228. The van der Waals surface area contributed by atoms with Crippen LogP contribution in [0.5, 0.6) is 0 Å². The lowest BCUT2D eigenvalue weighted by Crippen LogP contribution is -2.40. The summed E-state index contributed by atoms with van der Waals surface area (Å²) in [5, 5.41) is 7.79. The summed E-state index contributed by atoms with van der Waals surface area (Å²) in [5.74, 6) is 0.477. The van der Waals surface area contributed by atoms with Crippen LogP contribution in [0.15, 0.2) is 22.8 Å². The molecule has 8 nitrogen and oxygen atoms in total. The molecule has 0 aromatic carbocycles. The molecular weight excluding hydrogens is 310 g/mol. The molecule has 0 bridgehead atoms. The lowest BCUT2D eigenvalue weighted by Gasteiger charge is -2.11. The number of hydrogen-bond donors (Lipinski definition) is 3. The van der Waals surface area contributed by atoms with Gasteiger partial charge < -0.3 is 20.4 Å². The van der Waals surface area contributed by atoms with Crippen molar-refractivity contribution in [3.8, 4) is 0 Å². The van der Waals surface area contributed by atoms with Gasteiger partial charge in [0.2, 0.25) is 5.91 Å². The zero-order valence-corrected chi connectivity index (χ0v) is 12.8. The van der Waals surface area contributed by atoms with Crippen LogP contribution in [-0.4, -0.2) is 44.4 Å². The quantitative estimate of drug-likeness (QED) is 0.666. The molecule has 9 heteroatoms. The van der Waals surface area contributed by atoms with Crippen molar-refractivity contribution in [2.24, 2.45) is 0 Å². The van der Waals surface area contributed by atoms with Gasteiger partial charge in [0.25, 0.3) is 0 Å². The van der Waals surface area contributed by atoms with E-state index < -0.39 is 15.9 Å². The first kappa shape index (κ1) is 16.3. The maximum atomic E-state index is 11.6. The number of carbonyl (C=O) groups is 2. The molecule has 1 aliphatic rings. The Kier molecular flexibility index (Phi) is 5.42. The van der Waals surface area contributed by atoms with Crippen molar-refractivity contribution in [3.63, 3.8) is 0 Å². The second-order valence-electron chi connectivity index (χ2n) is 5.11. The third-order valence-electron chi connectivity index (χ3n) is 3.24. The highest BCUT2D eigenvalue weighted by Gasteiger charge is 2.28. The molecule has 1 atom stereocenters. The molecule has 1 saturated heterocycles. The Labute approximate surface area is 128 Å². The molecule has 1 aliphatic heterocycles. The van der Waals surface area contributed by atoms with E-state index in [4.69, 9.17) is 4.42 Å². The Morgan fingerprint density at radius 2 is 2.14 bits per heavy atom. The SMILES string of the molecule is O=C(CCNC(=O)NCc1ccco1)N[C@@H]1CCS(=O)(=O)C1. The van der Waals surface area contributed by atoms with E-state index >= 15 is 0 Å².